The first-order valence-electron chi connectivity index (χ1n) is 10.2. The summed E-state index contributed by atoms with van der Waals surface area (Å²) < 4.78 is 5.31. The topological polar surface area (TPSA) is 67.4 Å². The number of anilines is 2. The monoisotopic (exact) mass is 400 g/mol. The van der Waals surface area contributed by atoms with Crippen molar-refractivity contribution in [2.75, 3.05) is 11.9 Å². The highest BCUT2D eigenvalue weighted by Gasteiger charge is 2.22. The van der Waals surface area contributed by atoms with Gasteiger partial charge in [0, 0.05) is 5.69 Å². The fourth-order valence-corrected chi connectivity index (χ4v) is 3.80. The highest BCUT2D eigenvalue weighted by Crippen LogP contribution is 2.29. The molecule has 152 valence electrons. The van der Waals surface area contributed by atoms with Crippen LogP contribution in [0.1, 0.15) is 40.4 Å². The van der Waals surface area contributed by atoms with Gasteiger partial charge in [0.2, 0.25) is 0 Å². The molecule has 0 saturated heterocycles. The molecule has 0 aliphatic heterocycles. The van der Waals surface area contributed by atoms with Gasteiger partial charge < -0.3 is 15.4 Å². The van der Waals surface area contributed by atoms with Gasteiger partial charge in [0.1, 0.15) is 0 Å². The number of fused-ring (bicyclic) bond motifs is 1. The van der Waals surface area contributed by atoms with Crippen LogP contribution >= 0.6 is 0 Å². The molecule has 0 bridgehead atoms. The van der Waals surface area contributed by atoms with Gasteiger partial charge in [0.05, 0.1) is 17.3 Å². The first-order valence-corrected chi connectivity index (χ1v) is 10.2. The second-order valence-electron chi connectivity index (χ2n) is 7.32. The van der Waals surface area contributed by atoms with E-state index >= 15 is 0 Å². The third kappa shape index (κ3) is 4.69. The van der Waals surface area contributed by atoms with Crippen LogP contribution in [0.3, 0.4) is 0 Å². The van der Waals surface area contributed by atoms with Crippen LogP contribution in [-0.2, 0) is 16.0 Å². The molecule has 2 N–H and O–H groups in total. The van der Waals surface area contributed by atoms with Crippen LogP contribution in [0, 0.1) is 0 Å². The summed E-state index contributed by atoms with van der Waals surface area (Å²) in [6, 6.07) is 24.8. The van der Waals surface area contributed by atoms with Gasteiger partial charge in [-0.2, -0.15) is 0 Å². The van der Waals surface area contributed by atoms with Crippen LogP contribution in [0.4, 0.5) is 11.4 Å². The molecular weight excluding hydrogens is 376 g/mol. The molecule has 3 aromatic rings. The number of nitrogens with one attached hydrogen (secondary N) is 2. The summed E-state index contributed by atoms with van der Waals surface area (Å²) in [6.45, 7) is -0.308. The number of ether oxygens (including phenoxy) is 1. The molecule has 0 unspecified atom stereocenters. The van der Waals surface area contributed by atoms with Crippen LogP contribution in [0.15, 0.2) is 78.9 Å². The zero-order chi connectivity index (χ0) is 20.8. The minimum absolute atomic E-state index is 0.0341. The lowest BCUT2D eigenvalue weighted by molar-refractivity contribution is -0.125. The Bertz CT molecular complexity index is 1030. The minimum Gasteiger partial charge on any atom is -0.452 e. The summed E-state index contributed by atoms with van der Waals surface area (Å²) in [5.41, 5.74) is 4.31. The maximum absolute atomic E-state index is 12.6. The number of aryl methyl sites for hydroxylation is 1. The normalized spacial score (nSPS) is 15.0. The Morgan fingerprint density at radius 1 is 0.900 bits per heavy atom. The van der Waals surface area contributed by atoms with E-state index in [9.17, 15) is 9.59 Å². The lowest BCUT2D eigenvalue weighted by Crippen LogP contribution is -2.34. The van der Waals surface area contributed by atoms with Crippen LogP contribution in [0.5, 0.6) is 0 Å². The average Bonchev–Trinajstić information content (AvgIpc) is 2.79. The van der Waals surface area contributed by atoms with Gasteiger partial charge in [0.15, 0.2) is 6.61 Å². The Morgan fingerprint density at radius 3 is 2.50 bits per heavy atom. The Kier molecular flexibility index (Phi) is 6.09. The van der Waals surface area contributed by atoms with Crippen molar-refractivity contribution in [1.82, 2.24) is 5.32 Å². The maximum Gasteiger partial charge on any atom is 0.340 e. The van der Waals surface area contributed by atoms with Gasteiger partial charge in [-0.25, -0.2) is 4.79 Å². The zero-order valence-electron chi connectivity index (χ0n) is 16.6. The molecule has 0 heterocycles. The second kappa shape index (κ2) is 9.27. The van der Waals surface area contributed by atoms with Gasteiger partial charge in [-0.1, -0.05) is 54.6 Å². The van der Waals surface area contributed by atoms with E-state index in [1.807, 2.05) is 54.6 Å². The van der Waals surface area contributed by atoms with Crippen molar-refractivity contribution in [2.24, 2.45) is 0 Å². The highest BCUT2D eigenvalue weighted by atomic mass is 16.5. The van der Waals surface area contributed by atoms with Gasteiger partial charge in [-0.15, -0.1) is 0 Å². The fourth-order valence-electron chi connectivity index (χ4n) is 3.80. The Morgan fingerprint density at radius 2 is 1.63 bits per heavy atom. The van der Waals surface area contributed by atoms with Crippen molar-refractivity contribution in [1.29, 1.82) is 0 Å². The SMILES string of the molecule is O=C(COC(=O)c1ccccc1Nc1ccccc1)N[C@@H]1CCCc2ccccc21. The first-order chi connectivity index (χ1) is 14.7. The first kappa shape index (κ1) is 19.7. The van der Waals surface area contributed by atoms with Crippen molar-refractivity contribution in [3.05, 3.63) is 95.6 Å². The van der Waals surface area contributed by atoms with E-state index in [0.29, 0.717) is 11.3 Å². The summed E-state index contributed by atoms with van der Waals surface area (Å²) >= 11 is 0. The Hall–Kier alpha value is -3.60. The number of benzene rings is 3. The number of carbonyl (C=O) groups excluding carboxylic acids is 2. The van der Waals surface area contributed by atoms with E-state index in [4.69, 9.17) is 4.74 Å². The maximum atomic E-state index is 12.6. The third-order valence-corrected chi connectivity index (χ3v) is 5.24. The van der Waals surface area contributed by atoms with Gasteiger partial charge in [-0.05, 0) is 54.7 Å². The van der Waals surface area contributed by atoms with E-state index in [1.165, 1.54) is 5.56 Å². The molecule has 0 spiro atoms. The van der Waals surface area contributed by atoms with Gasteiger partial charge in [-0.3, -0.25) is 4.79 Å². The van der Waals surface area contributed by atoms with Gasteiger partial charge in [0.25, 0.3) is 5.91 Å². The molecule has 1 amide bonds. The fraction of sp³-hybridized carbons (Fsp3) is 0.200. The van der Waals surface area contributed by atoms with Crippen LogP contribution in [0.25, 0.3) is 0 Å². The zero-order valence-corrected chi connectivity index (χ0v) is 16.6. The molecule has 1 atom stereocenters. The summed E-state index contributed by atoms with van der Waals surface area (Å²) in [4.78, 5) is 25.0. The van der Waals surface area contributed by atoms with E-state index in [0.717, 1.165) is 30.5 Å². The largest absolute Gasteiger partial charge is 0.452 e. The minimum atomic E-state index is -0.534. The number of carbonyl (C=O) groups is 2. The van der Waals surface area contributed by atoms with Crippen LogP contribution < -0.4 is 10.6 Å². The van der Waals surface area contributed by atoms with Crippen molar-refractivity contribution < 1.29 is 14.3 Å². The Labute approximate surface area is 176 Å². The number of rotatable bonds is 6. The predicted molar refractivity (Wildman–Crippen MR) is 117 cm³/mol. The lowest BCUT2D eigenvalue weighted by atomic mass is 9.88. The molecule has 30 heavy (non-hydrogen) atoms. The standard InChI is InChI=1S/C25H24N2O3/c28-24(27-22-16-8-10-18-9-4-5-13-20(18)22)17-30-25(29)21-14-6-7-15-23(21)26-19-11-2-1-3-12-19/h1-7,9,11-15,22,26H,8,10,16-17H2,(H,27,28)/t22-/m1/s1. The molecule has 5 nitrogen and oxygen atoms in total. The number of hydrogen-bond donors (Lipinski definition) is 2. The van der Waals surface area contributed by atoms with E-state index in [1.54, 1.807) is 12.1 Å². The molecule has 0 fully saturated rings. The van der Waals surface area contributed by atoms with Crippen molar-refractivity contribution in [2.45, 2.75) is 25.3 Å². The van der Waals surface area contributed by atoms with E-state index < -0.39 is 5.97 Å². The smallest absolute Gasteiger partial charge is 0.340 e. The van der Waals surface area contributed by atoms with Crippen LogP contribution in [-0.4, -0.2) is 18.5 Å². The number of esters is 1. The predicted octanol–water partition coefficient (Wildman–Crippen LogP) is 4.78. The highest BCUT2D eigenvalue weighted by molar-refractivity contribution is 5.97. The second-order valence-corrected chi connectivity index (χ2v) is 7.32. The van der Waals surface area contributed by atoms with Gasteiger partial charge >= 0.3 is 5.97 Å². The molecular formula is C25H24N2O3. The summed E-state index contributed by atoms with van der Waals surface area (Å²) in [6.07, 6.45) is 2.95. The summed E-state index contributed by atoms with van der Waals surface area (Å²) in [7, 11) is 0. The number of para-hydroxylation sites is 2. The molecule has 1 aliphatic carbocycles. The van der Waals surface area contributed by atoms with Crippen molar-refractivity contribution in [3.63, 3.8) is 0 Å². The number of hydrogen-bond acceptors (Lipinski definition) is 4. The molecule has 0 saturated carbocycles. The Balaban J connectivity index is 1.37. The van der Waals surface area contributed by atoms with Crippen molar-refractivity contribution in [3.8, 4) is 0 Å². The van der Waals surface area contributed by atoms with Crippen LogP contribution in [0.2, 0.25) is 0 Å². The molecule has 3 aromatic carbocycles. The molecule has 4 rings (SSSR count). The third-order valence-electron chi connectivity index (χ3n) is 5.24. The average molecular weight is 400 g/mol. The summed E-state index contributed by atoms with van der Waals surface area (Å²) in [5, 5.41) is 6.22. The quantitative estimate of drug-likeness (QED) is 0.585. The van der Waals surface area contributed by atoms with Crippen molar-refractivity contribution >= 4 is 23.3 Å². The van der Waals surface area contributed by atoms with E-state index in [-0.39, 0.29) is 18.6 Å². The molecule has 5 heteroatoms. The lowest BCUT2D eigenvalue weighted by Gasteiger charge is -2.26. The molecule has 0 aromatic heterocycles. The number of amides is 1. The summed E-state index contributed by atoms with van der Waals surface area (Å²) in [5.74, 6) is -0.827. The van der Waals surface area contributed by atoms with E-state index in [2.05, 4.69) is 22.8 Å². The molecule has 1 aliphatic rings. The molecule has 0 radical (unpaired) electrons.